The van der Waals surface area contributed by atoms with E-state index in [4.69, 9.17) is 21.1 Å². The minimum Gasteiger partial charge on any atom is -0.489 e. The molecule has 4 nitrogen and oxygen atoms in total. The Morgan fingerprint density at radius 1 is 1.12 bits per heavy atom. The normalized spacial score (nSPS) is 18.8. The zero-order valence-corrected chi connectivity index (χ0v) is 14.6. The van der Waals surface area contributed by atoms with Gasteiger partial charge in [-0.15, -0.1) is 0 Å². The number of benzene rings is 2. The molecule has 0 saturated heterocycles. The van der Waals surface area contributed by atoms with Crippen molar-refractivity contribution in [1.29, 1.82) is 0 Å². The van der Waals surface area contributed by atoms with Crippen LogP contribution in [0, 0.1) is 0 Å². The van der Waals surface area contributed by atoms with Crippen LogP contribution in [0.5, 0.6) is 11.5 Å². The molecule has 0 saturated carbocycles. The number of fused-ring (bicyclic) bond motifs is 2. The summed E-state index contributed by atoms with van der Waals surface area (Å²) in [5, 5.41) is 3.56. The standard InChI is InChI=1S/C20H20ClNO3/c21-16-11-14(12-18-19(16)25-10-4-9-24-18)20(23)22-17-8-3-6-13-5-1-2-7-15(13)17/h1-2,5,7,11-12,17H,3-4,6,8-10H2,(H,22,23). The third kappa shape index (κ3) is 3.31. The summed E-state index contributed by atoms with van der Waals surface area (Å²) in [6, 6.07) is 11.7. The van der Waals surface area contributed by atoms with E-state index in [0.717, 1.165) is 25.7 Å². The number of ether oxygens (including phenoxy) is 2. The maximum atomic E-state index is 12.8. The summed E-state index contributed by atoms with van der Waals surface area (Å²) in [5.74, 6) is 0.928. The van der Waals surface area contributed by atoms with Gasteiger partial charge in [0.15, 0.2) is 11.5 Å². The first-order valence-electron chi connectivity index (χ1n) is 8.70. The molecule has 0 radical (unpaired) electrons. The number of aryl methyl sites for hydroxylation is 1. The molecule has 0 spiro atoms. The summed E-state index contributed by atoms with van der Waals surface area (Å²) in [6.45, 7) is 1.13. The van der Waals surface area contributed by atoms with Crippen LogP contribution in [0.2, 0.25) is 5.02 Å². The van der Waals surface area contributed by atoms with Crippen LogP contribution in [-0.4, -0.2) is 19.1 Å². The van der Waals surface area contributed by atoms with E-state index in [1.807, 2.05) is 12.1 Å². The van der Waals surface area contributed by atoms with Crippen molar-refractivity contribution in [2.45, 2.75) is 31.7 Å². The van der Waals surface area contributed by atoms with Crippen molar-refractivity contribution in [1.82, 2.24) is 5.32 Å². The van der Waals surface area contributed by atoms with E-state index in [0.29, 0.717) is 35.3 Å². The second-order valence-corrected chi connectivity index (χ2v) is 6.86. The van der Waals surface area contributed by atoms with Gasteiger partial charge in [-0.3, -0.25) is 4.79 Å². The Morgan fingerprint density at radius 3 is 2.88 bits per heavy atom. The lowest BCUT2D eigenvalue weighted by Crippen LogP contribution is -2.31. The highest BCUT2D eigenvalue weighted by Crippen LogP contribution is 2.38. The largest absolute Gasteiger partial charge is 0.489 e. The average molecular weight is 358 g/mol. The number of halogens is 1. The Hall–Kier alpha value is -2.20. The van der Waals surface area contributed by atoms with Gasteiger partial charge in [-0.25, -0.2) is 0 Å². The summed E-state index contributed by atoms with van der Waals surface area (Å²) in [4.78, 5) is 12.8. The molecule has 2 aromatic carbocycles. The Balaban J connectivity index is 1.58. The fraction of sp³-hybridized carbons (Fsp3) is 0.350. The van der Waals surface area contributed by atoms with Gasteiger partial charge in [0.2, 0.25) is 0 Å². The number of nitrogens with one attached hydrogen (secondary N) is 1. The van der Waals surface area contributed by atoms with Crippen molar-refractivity contribution in [3.05, 3.63) is 58.1 Å². The summed E-state index contributed by atoms with van der Waals surface area (Å²) in [7, 11) is 0. The fourth-order valence-electron chi connectivity index (χ4n) is 3.51. The maximum Gasteiger partial charge on any atom is 0.251 e. The molecule has 1 N–H and O–H groups in total. The molecule has 1 amide bonds. The van der Waals surface area contributed by atoms with Crippen LogP contribution in [0.25, 0.3) is 0 Å². The highest BCUT2D eigenvalue weighted by molar-refractivity contribution is 6.32. The molecule has 1 aliphatic carbocycles. The van der Waals surface area contributed by atoms with E-state index in [-0.39, 0.29) is 11.9 Å². The number of hydrogen-bond donors (Lipinski definition) is 1. The zero-order valence-electron chi connectivity index (χ0n) is 13.9. The Morgan fingerprint density at radius 2 is 1.96 bits per heavy atom. The van der Waals surface area contributed by atoms with Crippen molar-refractivity contribution in [2.75, 3.05) is 13.2 Å². The van der Waals surface area contributed by atoms with Gasteiger partial charge in [-0.05, 0) is 42.5 Å². The van der Waals surface area contributed by atoms with E-state index < -0.39 is 0 Å². The molecule has 0 bridgehead atoms. The van der Waals surface area contributed by atoms with E-state index in [9.17, 15) is 4.79 Å². The van der Waals surface area contributed by atoms with Crippen LogP contribution in [-0.2, 0) is 6.42 Å². The van der Waals surface area contributed by atoms with Gasteiger partial charge in [0.05, 0.1) is 24.3 Å². The zero-order chi connectivity index (χ0) is 17.2. The fourth-order valence-corrected chi connectivity index (χ4v) is 3.77. The third-order valence-electron chi connectivity index (χ3n) is 4.74. The van der Waals surface area contributed by atoms with E-state index in [2.05, 4.69) is 17.4 Å². The first-order chi connectivity index (χ1) is 12.2. The van der Waals surface area contributed by atoms with Crippen LogP contribution in [0.15, 0.2) is 36.4 Å². The van der Waals surface area contributed by atoms with Gasteiger partial charge in [0.25, 0.3) is 5.91 Å². The second kappa shape index (κ2) is 6.96. The first-order valence-corrected chi connectivity index (χ1v) is 9.08. The quantitative estimate of drug-likeness (QED) is 0.871. The smallest absolute Gasteiger partial charge is 0.251 e. The minimum atomic E-state index is -0.140. The molecule has 130 valence electrons. The molecule has 1 unspecified atom stereocenters. The molecular weight excluding hydrogens is 338 g/mol. The summed E-state index contributed by atoms with van der Waals surface area (Å²) < 4.78 is 11.3. The molecule has 2 aromatic rings. The topological polar surface area (TPSA) is 47.6 Å². The van der Waals surface area contributed by atoms with Crippen LogP contribution in [0.3, 0.4) is 0 Å². The third-order valence-corrected chi connectivity index (χ3v) is 5.02. The lowest BCUT2D eigenvalue weighted by atomic mass is 9.87. The lowest BCUT2D eigenvalue weighted by Gasteiger charge is -2.26. The number of rotatable bonds is 2. The van der Waals surface area contributed by atoms with Gasteiger partial charge in [0, 0.05) is 12.0 Å². The van der Waals surface area contributed by atoms with Crippen molar-refractivity contribution in [2.24, 2.45) is 0 Å². The summed E-state index contributed by atoms with van der Waals surface area (Å²) >= 11 is 6.30. The highest BCUT2D eigenvalue weighted by Gasteiger charge is 2.24. The van der Waals surface area contributed by atoms with Gasteiger partial charge < -0.3 is 14.8 Å². The van der Waals surface area contributed by atoms with E-state index in [1.54, 1.807) is 12.1 Å². The van der Waals surface area contributed by atoms with Crippen molar-refractivity contribution in [3.8, 4) is 11.5 Å². The number of carbonyl (C=O) groups is 1. The molecule has 2 aliphatic rings. The van der Waals surface area contributed by atoms with E-state index >= 15 is 0 Å². The average Bonchev–Trinajstić information content (AvgIpc) is 2.88. The molecule has 1 aliphatic heterocycles. The van der Waals surface area contributed by atoms with Crippen molar-refractivity contribution in [3.63, 3.8) is 0 Å². The number of carbonyl (C=O) groups excluding carboxylic acids is 1. The number of amides is 1. The Labute approximate surface area is 152 Å². The SMILES string of the molecule is O=C(NC1CCCc2ccccc21)c1cc(Cl)c2c(c1)OCCCO2. The highest BCUT2D eigenvalue weighted by atomic mass is 35.5. The van der Waals surface area contributed by atoms with Gasteiger partial charge in [-0.2, -0.15) is 0 Å². The lowest BCUT2D eigenvalue weighted by molar-refractivity contribution is 0.0932. The second-order valence-electron chi connectivity index (χ2n) is 6.45. The van der Waals surface area contributed by atoms with Gasteiger partial charge in [-0.1, -0.05) is 35.9 Å². The molecule has 0 aromatic heterocycles. The molecule has 5 heteroatoms. The van der Waals surface area contributed by atoms with Crippen LogP contribution in [0.1, 0.15) is 46.8 Å². The van der Waals surface area contributed by atoms with E-state index in [1.165, 1.54) is 11.1 Å². The minimum absolute atomic E-state index is 0.0344. The predicted molar refractivity (Wildman–Crippen MR) is 96.6 cm³/mol. The molecule has 4 rings (SSSR count). The van der Waals surface area contributed by atoms with Crippen molar-refractivity contribution < 1.29 is 14.3 Å². The van der Waals surface area contributed by atoms with Crippen molar-refractivity contribution >= 4 is 17.5 Å². The first kappa shape index (κ1) is 16.3. The molecule has 0 fully saturated rings. The summed E-state index contributed by atoms with van der Waals surface area (Å²) in [5.41, 5.74) is 3.02. The predicted octanol–water partition coefficient (Wildman–Crippen LogP) is 4.31. The van der Waals surface area contributed by atoms with Crippen LogP contribution in [0.4, 0.5) is 0 Å². The number of hydrogen-bond acceptors (Lipinski definition) is 3. The molecule has 1 heterocycles. The monoisotopic (exact) mass is 357 g/mol. The van der Waals surface area contributed by atoms with Gasteiger partial charge >= 0.3 is 0 Å². The Kier molecular flexibility index (Phi) is 4.53. The Bertz CT molecular complexity index is 806. The van der Waals surface area contributed by atoms with Gasteiger partial charge in [0.1, 0.15) is 0 Å². The molecule has 25 heavy (non-hydrogen) atoms. The maximum absolute atomic E-state index is 12.8. The summed E-state index contributed by atoms with van der Waals surface area (Å²) in [6.07, 6.45) is 3.88. The molecular formula is C20H20ClNO3. The molecule has 1 atom stereocenters. The van der Waals surface area contributed by atoms with Crippen LogP contribution >= 0.6 is 11.6 Å². The van der Waals surface area contributed by atoms with Crippen LogP contribution < -0.4 is 14.8 Å².